The SMILES string of the molecule is COc1ccc(-n2c(=O)[nH]cc(C(=O)Nc3ccc(C(F)(F)F)cc3)c2=O)cc1. The Bertz CT molecular complexity index is 1150. The van der Waals surface area contributed by atoms with Gasteiger partial charge in [0.25, 0.3) is 11.5 Å². The minimum atomic E-state index is -4.51. The van der Waals surface area contributed by atoms with Crippen LogP contribution in [0.4, 0.5) is 18.9 Å². The van der Waals surface area contributed by atoms with E-state index in [0.717, 1.165) is 35.0 Å². The van der Waals surface area contributed by atoms with Crippen molar-refractivity contribution in [3.05, 3.63) is 86.7 Å². The van der Waals surface area contributed by atoms with Gasteiger partial charge >= 0.3 is 11.9 Å². The molecule has 3 rings (SSSR count). The van der Waals surface area contributed by atoms with Crippen molar-refractivity contribution in [2.45, 2.75) is 6.18 Å². The molecule has 1 amide bonds. The maximum absolute atomic E-state index is 12.7. The lowest BCUT2D eigenvalue weighted by molar-refractivity contribution is -0.137. The van der Waals surface area contributed by atoms with Crippen molar-refractivity contribution in [2.75, 3.05) is 12.4 Å². The number of alkyl halides is 3. The molecule has 7 nitrogen and oxygen atoms in total. The molecule has 1 heterocycles. The molecular formula is C19H14F3N3O4. The van der Waals surface area contributed by atoms with Crippen molar-refractivity contribution < 1.29 is 22.7 Å². The number of benzene rings is 2. The maximum atomic E-state index is 12.7. The van der Waals surface area contributed by atoms with Crippen LogP contribution >= 0.6 is 0 Å². The van der Waals surface area contributed by atoms with E-state index >= 15 is 0 Å². The third-order valence-corrected chi connectivity index (χ3v) is 4.02. The third kappa shape index (κ3) is 4.21. The number of H-pyrrole nitrogens is 1. The number of nitrogens with zero attached hydrogens (tertiary/aromatic N) is 1. The maximum Gasteiger partial charge on any atom is 0.416 e. The number of amides is 1. The van der Waals surface area contributed by atoms with Crippen LogP contribution in [-0.4, -0.2) is 22.6 Å². The highest BCUT2D eigenvalue weighted by Gasteiger charge is 2.30. The van der Waals surface area contributed by atoms with E-state index in [0.29, 0.717) is 5.75 Å². The van der Waals surface area contributed by atoms with Gasteiger partial charge in [0.05, 0.1) is 18.4 Å². The number of ether oxygens (including phenoxy) is 1. The Hall–Kier alpha value is -3.82. The van der Waals surface area contributed by atoms with Gasteiger partial charge in [-0.05, 0) is 48.5 Å². The molecule has 3 aromatic rings. The first kappa shape index (κ1) is 19.9. The first-order chi connectivity index (χ1) is 13.7. The summed E-state index contributed by atoms with van der Waals surface area (Å²) in [6.07, 6.45) is -3.56. The fourth-order valence-electron chi connectivity index (χ4n) is 2.54. The zero-order chi connectivity index (χ0) is 21.2. The van der Waals surface area contributed by atoms with E-state index in [2.05, 4.69) is 10.3 Å². The molecule has 0 saturated heterocycles. The number of carbonyl (C=O) groups is 1. The molecule has 2 aromatic carbocycles. The van der Waals surface area contributed by atoms with Gasteiger partial charge in [-0.15, -0.1) is 0 Å². The van der Waals surface area contributed by atoms with Gasteiger partial charge in [0.1, 0.15) is 11.3 Å². The Morgan fingerprint density at radius 2 is 1.66 bits per heavy atom. The molecule has 0 aliphatic heterocycles. The van der Waals surface area contributed by atoms with Gasteiger partial charge in [0.2, 0.25) is 0 Å². The number of anilines is 1. The number of methoxy groups -OCH3 is 1. The summed E-state index contributed by atoms with van der Waals surface area (Å²) in [6, 6.07) is 9.74. The molecule has 0 bridgehead atoms. The number of aromatic amines is 1. The number of hydrogen-bond acceptors (Lipinski definition) is 4. The average molecular weight is 405 g/mol. The molecule has 0 atom stereocenters. The van der Waals surface area contributed by atoms with Crippen molar-refractivity contribution >= 4 is 11.6 Å². The highest BCUT2D eigenvalue weighted by Crippen LogP contribution is 2.29. The molecule has 2 N–H and O–H groups in total. The van der Waals surface area contributed by atoms with Crippen LogP contribution in [0.5, 0.6) is 5.75 Å². The van der Waals surface area contributed by atoms with Gasteiger partial charge < -0.3 is 15.0 Å². The van der Waals surface area contributed by atoms with E-state index in [9.17, 15) is 27.6 Å². The smallest absolute Gasteiger partial charge is 0.416 e. The largest absolute Gasteiger partial charge is 0.497 e. The van der Waals surface area contributed by atoms with Crippen LogP contribution in [0.3, 0.4) is 0 Å². The van der Waals surface area contributed by atoms with Crippen LogP contribution < -0.4 is 21.3 Å². The van der Waals surface area contributed by atoms with Crippen molar-refractivity contribution in [1.29, 1.82) is 0 Å². The molecule has 150 valence electrons. The summed E-state index contributed by atoms with van der Waals surface area (Å²) in [4.78, 5) is 39.5. The van der Waals surface area contributed by atoms with Gasteiger partial charge in [-0.2, -0.15) is 13.2 Å². The topological polar surface area (TPSA) is 93.2 Å². The first-order valence-corrected chi connectivity index (χ1v) is 8.18. The lowest BCUT2D eigenvalue weighted by Gasteiger charge is -2.10. The summed E-state index contributed by atoms with van der Waals surface area (Å²) >= 11 is 0. The first-order valence-electron chi connectivity index (χ1n) is 8.18. The van der Waals surface area contributed by atoms with Crippen LogP contribution in [0.15, 0.2) is 64.3 Å². The molecule has 1 aromatic heterocycles. The lowest BCUT2D eigenvalue weighted by Crippen LogP contribution is -2.38. The van der Waals surface area contributed by atoms with E-state index in [1.54, 1.807) is 0 Å². The number of hydrogen-bond donors (Lipinski definition) is 2. The lowest BCUT2D eigenvalue weighted by atomic mass is 10.2. The summed E-state index contributed by atoms with van der Waals surface area (Å²) < 4.78 is 43.6. The Kier molecular flexibility index (Phi) is 5.26. The molecule has 0 saturated carbocycles. The predicted octanol–water partition coefficient (Wildman–Crippen LogP) is 2.81. The van der Waals surface area contributed by atoms with Crippen LogP contribution in [-0.2, 0) is 6.18 Å². The quantitative estimate of drug-likeness (QED) is 0.698. The summed E-state index contributed by atoms with van der Waals surface area (Å²) in [5, 5.41) is 2.33. The zero-order valence-corrected chi connectivity index (χ0v) is 14.9. The second-order valence-corrected chi connectivity index (χ2v) is 5.88. The molecule has 0 spiro atoms. The molecule has 0 radical (unpaired) electrons. The Balaban J connectivity index is 1.92. The van der Waals surface area contributed by atoms with E-state index in [1.165, 1.54) is 31.4 Å². The average Bonchev–Trinajstić information content (AvgIpc) is 2.68. The molecule has 0 unspecified atom stereocenters. The van der Waals surface area contributed by atoms with Crippen molar-refractivity contribution in [2.24, 2.45) is 0 Å². The number of aromatic nitrogens is 2. The van der Waals surface area contributed by atoms with Gasteiger partial charge in [-0.3, -0.25) is 9.59 Å². The van der Waals surface area contributed by atoms with Crippen molar-refractivity contribution in [1.82, 2.24) is 9.55 Å². The van der Waals surface area contributed by atoms with Gasteiger partial charge in [0.15, 0.2) is 0 Å². The second kappa shape index (κ2) is 7.66. The van der Waals surface area contributed by atoms with Gasteiger partial charge in [-0.1, -0.05) is 0 Å². The van der Waals surface area contributed by atoms with E-state index in [-0.39, 0.29) is 16.9 Å². The number of carbonyl (C=O) groups excluding carboxylic acids is 1. The van der Waals surface area contributed by atoms with E-state index in [4.69, 9.17) is 4.74 Å². The number of halogens is 3. The second-order valence-electron chi connectivity index (χ2n) is 5.88. The summed E-state index contributed by atoms with van der Waals surface area (Å²) in [6.45, 7) is 0. The van der Waals surface area contributed by atoms with Gasteiger partial charge in [0, 0.05) is 11.9 Å². The van der Waals surface area contributed by atoms with Crippen LogP contribution in [0.2, 0.25) is 0 Å². The Morgan fingerprint density at radius 1 is 1.03 bits per heavy atom. The highest BCUT2D eigenvalue weighted by molar-refractivity contribution is 6.03. The van der Waals surface area contributed by atoms with Gasteiger partial charge in [-0.25, -0.2) is 9.36 Å². The monoisotopic (exact) mass is 405 g/mol. The molecule has 0 fully saturated rings. The molecule has 0 aliphatic rings. The fourth-order valence-corrected chi connectivity index (χ4v) is 2.54. The zero-order valence-electron chi connectivity index (χ0n) is 14.9. The number of nitrogens with one attached hydrogen (secondary N) is 2. The van der Waals surface area contributed by atoms with Crippen molar-refractivity contribution in [3.8, 4) is 11.4 Å². The van der Waals surface area contributed by atoms with E-state index < -0.39 is 28.9 Å². The molecule has 0 aliphatic carbocycles. The van der Waals surface area contributed by atoms with Crippen molar-refractivity contribution in [3.63, 3.8) is 0 Å². The standard InChI is InChI=1S/C19H14F3N3O4/c1-29-14-8-6-13(7-9-14)25-17(27)15(10-23-18(25)28)16(26)24-12-4-2-11(3-5-12)19(20,21)22/h2-10H,1H3,(H,23,28)(H,24,26). The third-order valence-electron chi connectivity index (χ3n) is 4.02. The summed E-state index contributed by atoms with van der Waals surface area (Å²) in [7, 11) is 1.46. The molecule has 10 heteroatoms. The molecule has 29 heavy (non-hydrogen) atoms. The molecular weight excluding hydrogens is 391 g/mol. The Morgan fingerprint density at radius 3 is 2.21 bits per heavy atom. The number of rotatable bonds is 4. The van der Waals surface area contributed by atoms with Crippen LogP contribution in [0, 0.1) is 0 Å². The predicted molar refractivity (Wildman–Crippen MR) is 98.6 cm³/mol. The fraction of sp³-hybridized carbons (Fsp3) is 0.105. The summed E-state index contributed by atoms with van der Waals surface area (Å²) in [5.41, 5.74) is -2.64. The summed E-state index contributed by atoms with van der Waals surface area (Å²) in [5.74, 6) is -0.373. The van der Waals surface area contributed by atoms with E-state index in [1.807, 2.05) is 0 Å². The minimum absolute atomic E-state index is 0.0598. The normalized spacial score (nSPS) is 11.2. The Labute approximate surface area is 161 Å². The minimum Gasteiger partial charge on any atom is -0.497 e. The van der Waals surface area contributed by atoms with Crippen LogP contribution in [0.25, 0.3) is 5.69 Å². The highest BCUT2D eigenvalue weighted by atomic mass is 19.4. The van der Waals surface area contributed by atoms with Crippen LogP contribution in [0.1, 0.15) is 15.9 Å².